The monoisotopic (exact) mass is 574 g/mol. The topological polar surface area (TPSA) is 155 Å². The fourth-order valence-electron chi connectivity index (χ4n) is 5.57. The van der Waals surface area contributed by atoms with E-state index in [0.29, 0.717) is 43.7 Å². The van der Waals surface area contributed by atoms with E-state index < -0.39 is 22.3 Å². The number of piperidine rings is 1. The number of allylic oxidation sites excluding steroid dienone is 1. The van der Waals surface area contributed by atoms with Gasteiger partial charge in [-0.15, -0.1) is 5.10 Å². The molecule has 12 nitrogen and oxygen atoms in total. The van der Waals surface area contributed by atoms with Crippen molar-refractivity contribution in [2.45, 2.75) is 57.7 Å². The van der Waals surface area contributed by atoms with Gasteiger partial charge in [0.15, 0.2) is 5.60 Å². The standard InChI is InChI=1S/C30H34N6O6/c1-21(6-2-4-15-33-20-23(14-17-37)31-32-33)30(40)26-18-25(36(41)42)12-13-27(26)35(29(30)39)19-22-8-10-24(11-9-22)34-16-5-3-7-28(34)38/h2,6,8-13,18,20-21,37,40H,3-5,7,14-17,19H2,1H3/b6-2+/t21-,30+/m0/s1. The minimum Gasteiger partial charge on any atom is -0.396 e. The van der Waals surface area contributed by atoms with E-state index in [2.05, 4.69) is 10.3 Å². The first kappa shape index (κ1) is 29.1. The SMILES string of the molecule is C[C@@H](/C=C/CCn1cc(CCO)nn1)[C@]1(O)C(=O)N(Cc2ccc(N3CCCCC3=O)cc2)c2ccc([N+](=O)[O-])cc21. The Labute approximate surface area is 243 Å². The van der Waals surface area contributed by atoms with Crippen LogP contribution < -0.4 is 9.80 Å². The van der Waals surface area contributed by atoms with Crippen molar-refractivity contribution >= 4 is 28.9 Å². The second kappa shape index (κ2) is 12.2. The molecule has 2 aliphatic heterocycles. The zero-order valence-corrected chi connectivity index (χ0v) is 23.4. The molecule has 1 fully saturated rings. The summed E-state index contributed by atoms with van der Waals surface area (Å²) in [6, 6.07) is 11.5. The van der Waals surface area contributed by atoms with Crippen molar-refractivity contribution in [2.75, 3.05) is 23.0 Å². The number of aromatic nitrogens is 3. The first-order chi connectivity index (χ1) is 20.2. The third kappa shape index (κ3) is 5.68. The van der Waals surface area contributed by atoms with Crippen LogP contribution in [0.3, 0.4) is 0 Å². The number of benzene rings is 2. The van der Waals surface area contributed by atoms with Crippen molar-refractivity contribution < 1.29 is 24.7 Å². The number of rotatable bonds is 11. The molecule has 2 aromatic carbocycles. The second-order valence-corrected chi connectivity index (χ2v) is 10.7. The van der Waals surface area contributed by atoms with Crippen molar-refractivity contribution in [3.8, 4) is 0 Å². The third-order valence-electron chi connectivity index (χ3n) is 7.94. The molecule has 220 valence electrons. The highest BCUT2D eigenvalue weighted by atomic mass is 16.6. The van der Waals surface area contributed by atoms with Crippen LogP contribution in [0.4, 0.5) is 17.1 Å². The van der Waals surface area contributed by atoms with Crippen molar-refractivity contribution in [1.29, 1.82) is 0 Å². The van der Waals surface area contributed by atoms with Gasteiger partial charge in [0.2, 0.25) is 5.91 Å². The summed E-state index contributed by atoms with van der Waals surface area (Å²) >= 11 is 0. The van der Waals surface area contributed by atoms with Crippen molar-refractivity contribution in [2.24, 2.45) is 5.92 Å². The number of amides is 2. The van der Waals surface area contributed by atoms with Crippen LogP contribution in [0.2, 0.25) is 0 Å². The average molecular weight is 575 g/mol. The lowest BCUT2D eigenvalue weighted by Gasteiger charge is -2.28. The van der Waals surface area contributed by atoms with E-state index in [9.17, 15) is 24.8 Å². The minimum absolute atomic E-state index is 0.00963. The van der Waals surface area contributed by atoms with E-state index in [1.54, 1.807) is 28.8 Å². The molecule has 0 saturated carbocycles. The Morgan fingerprint density at radius 3 is 2.67 bits per heavy atom. The average Bonchev–Trinajstić information content (AvgIpc) is 3.52. The van der Waals surface area contributed by atoms with Gasteiger partial charge in [0.25, 0.3) is 11.6 Å². The van der Waals surface area contributed by atoms with Gasteiger partial charge in [0.05, 0.1) is 22.8 Å². The molecule has 1 saturated heterocycles. The number of aliphatic hydroxyl groups is 2. The summed E-state index contributed by atoms with van der Waals surface area (Å²) in [6.45, 7) is 3.04. The zero-order chi connectivity index (χ0) is 29.9. The summed E-state index contributed by atoms with van der Waals surface area (Å²) in [5.41, 5.74) is 0.688. The molecule has 0 bridgehead atoms. The highest BCUT2D eigenvalue weighted by Crippen LogP contribution is 2.47. The second-order valence-electron chi connectivity index (χ2n) is 10.7. The van der Waals surface area contributed by atoms with E-state index in [1.807, 2.05) is 30.3 Å². The number of hydrogen-bond donors (Lipinski definition) is 2. The van der Waals surface area contributed by atoms with Gasteiger partial charge < -0.3 is 20.0 Å². The van der Waals surface area contributed by atoms with E-state index >= 15 is 0 Å². The summed E-state index contributed by atoms with van der Waals surface area (Å²) in [5, 5.41) is 40.5. The normalized spacial score (nSPS) is 19.5. The Morgan fingerprint density at radius 1 is 1.17 bits per heavy atom. The largest absolute Gasteiger partial charge is 0.396 e. The number of aryl methyl sites for hydroxylation is 1. The van der Waals surface area contributed by atoms with Gasteiger partial charge in [-0.25, -0.2) is 0 Å². The smallest absolute Gasteiger partial charge is 0.269 e. The lowest BCUT2D eigenvalue weighted by molar-refractivity contribution is -0.385. The highest BCUT2D eigenvalue weighted by Gasteiger charge is 2.53. The number of non-ortho nitro benzene ring substituents is 1. The predicted octanol–water partition coefficient (Wildman–Crippen LogP) is 3.26. The van der Waals surface area contributed by atoms with Crippen LogP contribution in [0, 0.1) is 16.0 Å². The maximum absolute atomic E-state index is 13.9. The minimum atomic E-state index is -2.00. The quantitative estimate of drug-likeness (QED) is 0.201. The van der Waals surface area contributed by atoms with E-state index in [1.165, 1.54) is 23.1 Å². The molecule has 0 radical (unpaired) electrons. The van der Waals surface area contributed by atoms with Crippen LogP contribution in [0.1, 0.15) is 49.4 Å². The lowest BCUT2D eigenvalue weighted by atomic mass is 9.82. The van der Waals surface area contributed by atoms with Crippen LogP contribution in [0.15, 0.2) is 60.8 Å². The first-order valence-electron chi connectivity index (χ1n) is 14.1. The maximum atomic E-state index is 13.9. The van der Waals surface area contributed by atoms with Gasteiger partial charge >= 0.3 is 0 Å². The molecule has 0 unspecified atom stereocenters. The number of nitro benzene ring substituents is 1. The molecule has 2 aliphatic rings. The summed E-state index contributed by atoms with van der Waals surface area (Å²) in [5.74, 6) is -1.15. The predicted molar refractivity (Wildman–Crippen MR) is 155 cm³/mol. The molecule has 3 aromatic rings. The molecule has 12 heteroatoms. The van der Waals surface area contributed by atoms with E-state index in [4.69, 9.17) is 5.11 Å². The number of carbonyl (C=O) groups excluding carboxylic acids is 2. The molecular formula is C30H34N6O6. The summed E-state index contributed by atoms with van der Waals surface area (Å²) in [7, 11) is 0. The Bertz CT molecular complexity index is 1500. The fraction of sp³-hybridized carbons (Fsp3) is 0.400. The molecular weight excluding hydrogens is 540 g/mol. The molecule has 1 aromatic heterocycles. The highest BCUT2D eigenvalue weighted by molar-refractivity contribution is 6.07. The molecule has 2 atom stereocenters. The van der Waals surface area contributed by atoms with Crippen molar-refractivity contribution in [3.05, 3.63) is 87.7 Å². The number of anilines is 2. The molecule has 2 amide bonds. The molecule has 2 N–H and O–H groups in total. The van der Waals surface area contributed by atoms with Crippen LogP contribution in [-0.2, 0) is 34.7 Å². The van der Waals surface area contributed by atoms with E-state index in [-0.39, 0.29) is 30.3 Å². The van der Waals surface area contributed by atoms with Crippen LogP contribution >= 0.6 is 0 Å². The number of fused-ring (bicyclic) bond motifs is 1. The number of carbonyl (C=O) groups is 2. The Hall–Kier alpha value is -4.42. The van der Waals surface area contributed by atoms with Gasteiger partial charge in [0, 0.05) is 68.0 Å². The van der Waals surface area contributed by atoms with Crippen molar-refractivity contribution in [1.82, 2.24) is 15.0 Å². The molecule has 3 heterocycles. The summed E-state index contributed by atoms with van der Waals surface area (Å²) in [4.78, 5) is 40.4. The fourth-order valence-corrected chi connectivity index (χ4v) is 5.57. The van der Waals surface area contributed by atoms with Gasteiger partial charge in [-0.05, 0) is 43.0 Å². The molecule has 42 heavy (non-hydrogen) atoms. The zero-order valence-electron chi connectivity index (χ0n) is 23.4. The molecule has 0 aliphatic carbocycles. The number of aliphatic hydroxyl groups excluding tert-OH is 1. The Balaban J connectivity index is 1.35. The molecule has 0 spiro atoms. The van der Waals surface area contributed by atoms with Gasteiger partial charge in [-0.3, -0.25) is 24.4 Å². The number of nitro groups is 1. The lowest BCUT2D eigenvalue weighted by Crippen LogP contribution is -2.44. The van der Waals surface area contributed by atoms with Gasteiger partial charge in [0.1, 0.15) is 0 Å². The van der Waals surface area contributed by atoms with Crippen LogP contribution in [-0.4, -0.2) is 55.1 Å². The summed E-state index contributed by atoms with van der Waals surface area (Å²) < 4.78 is 1.66. The van der Waals surface area contributed by atoms with Crippen LogP contribution in [0.25, 0.3) is 0 Å². The molecule has 5 rings (SSSR count). The number of nitrogens with zero attached hydrogens (tertiary/aromatic N) is 6. The third-order valence-corrected chi connectivity index (χ3v) is 7.94. The van der Waals surface area contributed by atoms with E-state index in [0.717, 1.165) is 24.1 Å². The first-order valence-corrected chi connectivity index (χ1v) is 14.1. The van der Waals surface area contributed by atoms with Crippen molar-refractivity contribution in [3.63, 3.8) is 0 Å². The Kier molecular flexibility index (Phi) is 8.46. The Morgan fingerprint density at radius 2 is 1.95 bits per heavy atom. The maximum Gasteiger partial charge on any atom is 0.269 e. The van der Waals surface area contributed by atoms with Gasteiger partial charge in [-0.2, -0.15) is 0 Å². The number of hydrogen-bond acceptors (Lipinski definition) is 8. The summed E-state index contributed by atoms with van der Waals surface area (Å²) in [6.07, 6.45) is 8.68. The van der Waals surface area contributed by atoms with Gasteiger partial charge in [-0.1, -0.05) is 36.4 Å². The van der Waals surface area contributed by atoms with Crippen LogP contribution in [0.5, 0.6) is 0 Å².